The van der Waals surface area contributed by atoms with E-state index in [1.807, 2.05) is 0 Å². The lowest BCUT2D eigenvalue weighted by molar-refractivity contribution is 0.443. The van der Waals surface area contributed by atoms with Crippen molar-refractivity contribution in [3.05, 3.63) is 47.2 Å². The molecule has 0 fully saturated rings. The van der Waals surface area contributed by atoms with Gasteiger partial charge in [-0.3, -0.25) is 0 Å². The van der Waals surface area contributed by atoms with Gasteiger partial charge in [-0.2, -0.15) is 0 Å². The molecule has 20 heavy (non-hydrogen) atoms. The first-order chi connectivity index (χ1) is 9.54. The van der Waals surface area contributed by atoms with E-state index in [0.29, 0.717) is 29.8 Å². The van der Waals surface area contributed by atoms with Crippen LogP contribution in [0.5, 0.6) is 0 Å². The van der Waals surface area contributed by atoms with E-state index in [0.717, 1.165) is 12.6 Å². The SMILES string of the molecule is CC(C)NCCc1nnc(Cc2ccc(F)cc2F)o1. The summed E-state index contributed by atoms with van der Waals surface area (Å²) in [6, 6.07) is 3.83. The summed E-state index contributed by atoms with van der Waals surface area (Å²) in [5, 5.41) is 11.0. The molecule has 2 rings (SSSR count). The van der Waals surface area contributed by atoms with E-state index in [2.05, 4.69) is 29.4 Å². The Hall–Kier alpha value is -1.82. The van der Waals surface area contributed by atoms with Crippen LogP contribution < -0.4 is 5.32 Å². The third-order valence-corrected chi connectivity index (χ3v) is 2.76. The highest BCUT2D eigenvalue weighted by Gasteiger charge is 2.10. The largest absolute Gasteiger partial charge is 0.425 e. The summed E-state index contributed by atoms with van der Waals surface area (Å²) in [6.07, 6.45) is 0.786. The van der Waals surface area contributed by atoms with Crippen LogP contribution in [0.15, 0.2) is 22.6 Å². The van der Waals surface area contributed by atoms with Crippen LogP contribution in [0, 0.1) is 11.6 Å². The number of nitrogens with one attached hydrogen (secondary N) is 1. The van der Waals surface area contributed by atoms with Gasteiger partial charge in [-0.1, -0.05) is 19.9 Å². The average molecular weight is 281 g/mol. The van der Waals surface area contributed by atoms with Crippen LogP contribution in [0.4, 0.5) is 8.78 Å². The van der Waals surface area contributed by atoms with Gasteiger partial charge in [-0.05, 0) is 11.6 Å². The van der Waals surface area contributed by atoms with Crippen LogP contribution in [0.1, 0.15) is 31.2 Å². The zero-order valence-electron chi connectivity index (χ0n) is 11.5. The van der Waals surface area contributed by atoms with Crippen molar-refractivity contribution >= 4 is 0 Å². The molecule has 2 aromatic rings. The minimum Gasteiger partial charge on any atom is -0.425 e. The molecule has 1 aromatic carbocycles. The number of hydrogen-bond donors (Lipinski definition) is 1. The molecule has 6 heteroatoms. The number of benzene rings is 1. The molecule has 0 amide bonds. The highest BCUT2D eigenvalue weighted by molar-refractivity contribution is 5.21. The molecule has 0 unspecified atom stereocenters. The summed E-state index contributed by atoms with van der Waals surface area (Å²) in [5.74, 6) is -0.367. The van der Waals surface area contributed by atoms with Crippen molar-refractivity contribution in [3.63, 3.8) is 0 Å². The summed E-state index contributed by atoms with van der Waals surface area (Å²) in [7, 11) is 0. The normalized spacial score (nSPS) is 11.2. The summed E-state index contributed by atoms with van der Waals surface area (Å²) < 4.78 is 31.7. The average Bonchev–Trinajstić information content (AvgIpc) is 2.80. The van der Waals surface area contributed by atoms with Crippen LogP contribution in [0.2, 0.25) is 0 Å². The zero-order chi connectivity index (χ0) is 14.5. The Morgan fingerprint density at radius 2 is 1.95 bits per heavy atom. The number of aromatic nitrogens is 2. The van der Waals surface area contributed by atoms with E-state index in [-0.39, 0.29) is 6.42 Å². The van der Waals surface area contributed by atoms with Gasteiger partial charge in [-0.25, -0.2) is 8.78 Å². The van der Waals surface area contributed by atoms with Gasteiger partial charge in [0.05, 0.1) is 6.42 Å². The number of rotatable bonds is 6. The molecular formula is C14H17F2N3O. The fourth-order valence-electron chi connectivity index (χ4n) is 1.76. The number of hydrogen-bond acceptors (Lipinski definition) is 4. The molecule has 0 bridgehead atoms. The predicted octanol–water partition coefficient (Wildman–Crippen LogP) is 2.48. The van der Waals surface area contributed by atoms with Gasteiger partial charge < -0.3 is 9.73 Å². The van der Waals surface area contributed by atoms with Gasteiger partial charge in [0, 0.05) is 25.1 Å². The van der Waals surface area contributed by atoms with Crippen LogP contribution >= 0.6 is 0 Å². The topological polar surface area (TPSA) is 51.0 Å². The van der Waals surface area contributed by atoms with Gasteiger partial charge in [0.25, 0.3) is 0 Å². The molecule has 0 spiro atoms. The standard InChI is InChI=1S/C14H17F2N3O/c1-9(2)17-6-5-13-18-19-14(20-13)7-10-3-4-11(15)8-12(10)16/h3-4,8-9,17H,5-7H2,1-2H3. The van der Waals surface area contributed by atoms with Crippen molar-refractivity contribution in [1.82, 2.24) is 15.5 Å². The Balaban J connectivity index is 1.95. The van der Waals surface area contributed by atoms with Gasteiger partial charge in [-0.15, -0.1) is 10.2 Å². The first-order valence-electron chi connectivity index (χ1n) is 6.53. The van der Waals surface area contributed by atoms with Crippen molar-refractivity contribution in [2.24, 2.45) is 0 Å². The van der Waals surface area contributed by atoms with Crippen LogP contribution in [-0.4, -0.2) is 22.8 Å². The third kappa shape index (κ3) is 4.09. The molecule has 0 saturated carbocycles. The Labute approximate surface area is 116 Å². The van der Waals surface area contributed by atoms with Crippen molar-refractivity contribution in [3.8, 4) is 0 Å². The van der Waals surface area contributed by atoms with E-state index in [1.165, 1.54) is 12.1 Å². The predicted molar refractivity (Wildman–Crippen MR) is 70.3 cm³/mol. The Kier molecular flexibility index (Phi) is 4.79. The highest BCUT2D eigenvalue weighted by atomic mass is 19.1. The van der Waals surface area contributed by atoms with Gasteiger partial charge in [0.1, 0.15) is 11.6 Å². The minimum absolute atomic E-state index is 0.163. The maximum absolute atomic E-state index is 13.5. The van der Waals surface area contributed by atoms with Crippen molar-refractivity contribution < 1.29 is 13.2 Å². The molecule has 0 aliphatic carbocycles. The lowest BCUT2D eigenvalue weighted by Gasteiger charge is -2.04. The molecule has 4 nitrogen and oxygen atoms in total. The molecule has 0 radical (unpaired) electrons. The Morgan fingerprint density at radius 1 is 1.20 bits per heavy atom. The molecule has 0 atom stereocenters. The Morgan fingerprint density at radius 3 is 2.65 bits per heavy atom. The zero-order valence-corrected chi connectivity index (χ0v) is 11.5. The minimum atomic E-state index is -0.605. The molecule has 1 heterocycles. The molecule has 0 saturated heterocycles. The van der Waals surface area contributed by atoms with Crippen molar-refractivity contribution in [1.29, 1.82) is 0 Å². The molecule has 0 aliphatic heterocycles. The first kappa shape index (κ1) is 14.6. The van der Waals surface area contributed by atoms with Gasteiger partial charge in [0.15, 0.2) is 0 Å². The summed E-state index contributed by atoms with van der Waals surface area (Å²) >= 11 is 0. The van der Waals surface area contributed by atoms with Gasteiger partial charge in [0.2, 0.25) is 11.8 Å². The van der Waals surface area contributed by atoms with Crippen molar-refractivity contribution in [2.75, 3.05) is 6.54 Å². The molecule has 0 aliphatic rings. The van der Waals surface area contributed by atoms with E-state index in [4.69, 9.17) is 4.42 Å². The lowest BCUT2D eigenvalue weighted by Crippen LogP contribution is -2.25. The highest BCUT2D eigenvalue weighted by Crippen LogP contribution is 2.14. The van der Waals surface area contributed by atoms with Crippen LogP contribution in [0.3, 0.4) is 0 Å². The van der Waals surface area contributed by atoms with Gasteiger partial charge >= 0.3 is 0 Å². The smallest absolute Gasteiger partial charge is 0.221 e. The molecular weight excluding hydrogens is 264 g/mol. The summed E-state index contributed by atoms with van der Waals surface area (Å²) in [6.45, 7) is 4.84. The maximum atomic E-state index is 13.5. The summed E-state index contributed by atoms with van der Waals surface area (Å²) in [4.78, 5) is 0. The monoisotopic (exact) mass is 281 g/mol. The van der Waals surface area contributed by atoms with E-state index in [9.17, 15) is 8.78 Å². The summed E-state index contributed by atoms with van der Waals surface area (Å²) in [5.41, 5.74) is 0.335. The van der Waals surface area contributed by atoms with Crippen LogP contribution in [-0.2, 0) is 12.8 Å². The fraction of sp³-hybridized carbons (Fsp3) is 0.429. The number of halogens is 2. The van der Waals surface area contributed by atoms with E-state index >= 15 is 0 Å². The fourth-order valence-corrected chi connectivity index (χ4v) is 1.76. The Bertz CT molecular complexity index is 569. The first-order valence-corrected chi connectivity index (χ1v) is 6.53. The third-order valence-electron chi connectivity index (χ3n) is 2.76. The van der Waals surface area contributed by atoms with Crippen LogP contribution in [0.25, 0.3) is 0 Å². The second-order valence-corrected chi connectivity index (χ2v) is 4.86. The van der Waals surface area contributed by atoms with E-state index < -0.39 is 11.6 Å². The van der Waals surface area contributed by atoms with Crippen molar-refractivity contribution in [2.45, 2.75) is 32.7 Å². The molecule has 1 aromatic heterocycles. The molecule has 108 valence electrons. The molecule has 1 N–H and O–H groups in total. The second kappa shape index (κ2) is 6.56. The maximum Gasteiger partial charge on any atom is 0.221 e. The quantitative estimate of drug-likeness (QED) is 0.883. The second-order valence-electron chi connectivity index (χ2n) is 4.86. The lowest BCUT2D eigenvalue weighted by atomic mass is 10.1. The van der Waals surface area contributed by atoms with E-state index in [1.54, 1.807) is 0 Å². The number of nitrogens with zero attached hydrogens (tertiary/aromatic N) is 2.